The molecule has 4 rings (SSSR count). The second-order valence-corrected chi connectivity index (χ2v) is 8.97. The molecule has 0 N–H and O–H groups in total. The summed E-state index contributed by atoms with van der Waals surface area (Å²) in [5.74, 6) is -0.978. The van der Waals surface area contributed by atoms with Crippen molar-refractivity contribution in [3.05, 3.63) is 65.7 Å². The van der Waals surface area contributed by atoms with Crippen LogP contribution in [0.1, 0.15) is 31.3 Å². The lowest BCUT2D eigenvalue weighted by molar-refractivity contribution is -0.320. The molecule has 6 atom stereocenters. The van der Waals surface area contributed by atoms with Crippen LogP contribution in [0.25, 0.3) is 0 Å². The lowest BCUT2D eigenvalue weighted by atomic mass is 9.98. The summed E-state index contributed by atoms with van der Waals surface area (Å²) >= 11 is 1.41. The van der Waals surface area contributed by atoms with E-state index in [1.165, 1.54) is 25.6 Å². The van der Waals surface area contributed by atoms with Crippen molar-refractivity contribution >= 4 is 23.7 Å². The van der Waals surface area contributed by atoms with E-state index >= 15 is 0 Å². The number of thioether (sulfide) groups is 1. The monoisotopic (exact) mass is 458 g/mol. The zero-order valence-electron chi connectivity index (χ0n) is 18.1. The van der Waals surface area contributed by atoms with Crippen molar-refractivity contribution in [3.8, 4) is 0 Å². The van der Waals surface area contributed by atoms with E-state index in [2.05, 4.69) is 0 Å². The maximum absolute atomic E-state index is 12.0. The summed E-state index contributed by atoms with van der Waals surface area (Å²) in [5, 5.41) is 0. The molecule has 2 aliphatic rings. The van der Waals surface area contributed by atoms with Crippen molar-refractivity contribution < 1.29 is 33.3 Å². The van der Waals surface area contributed by atoms with Gasteiger partial charge in [-0.25, -0.2) is 0 Å². The maximum atomic E-state index is 12.0. The number of aryl methyl sites for hydroxylation is 1. The Morgan fingerprint density at radius 1 is 0.906 bits per heavy atom. The molecule has 2 heterocycles. The molecule has 7 nitrogen and oxygen atoms in total. The molecule has 0 bridgehead atoms. The van der Waals surface area contributed by atoms with Crippen LogP contribution in [0, 0.1) is 6.92 Å². The highest BCUT2D eigenvalue weighted by molar-refractivity contribution is 7.99. The second kappa shape index (κ2) is 10.0. The van der Waals surface area contributed by atoms with Crippen LogP contribution in [0.4, 0.5) is 0 Å². The summed E-state index contributed by atoms with van der Waals surface area (Å²) in [7, 11) is 0. The van der Waals surface area contributed by atoms with Gasteiger partial charge in [0.25, 0.3) is 0 Å². The maximum Gasteiger partial charge on any atom is 0.303 e. The summed E-state index contributed by atoms with van der Waals surface area (Å²) < 4.78 is 29.7. The van der Waals surface area contributed by atoms with Crippen LogP contribution in [0.15, 0.2) is 59.5 Å². The molecule has 2 fully saturated rings. The molecule has 8 heteroatoms. The first-order valence-corrected chi connectivity index (χ1v) is 11.3. The van der Waals surface area contributed by atoms with Crippen LogP contribution >= 0.6 is 11.8 Å². The number of benzene rings is 2. The van der Waals surface area contributed by atoms with Crippen molar-refractivity contribution in [1.29, 1.82) is 0 Å². The van der Waals surface area contributed by atoms with Crippen molar-refractivity contribution in [2.45, 2.75) is 61.8 Å². The van der Waals surface area contributed by atoms with Gasteiger partial charge in [0.2, 0.25) is 0 Å². The Bertz CT molecular complexity index is 933. The summed E-state index contributed by atoms with van der Waals surface area (Å²) in [6, 6.07) is 17.4. The fraction of sp³-hybridized carbons (Fsp3) is 0.417. The fourth-order valence-corrected chi connectivity index (χ4v) is 4.92. The number of rotatable bonds is 5. The van der Waals surface area contributed by atoms with Gasteiger partial charge in [0.1, 0.15) is 17.6 Å². The highest BCUT2D eigenvalue weighted by Crippen LogP contribution is 2.41. The molecule has 0 radical (unpaired) electrons. The van der Waals surface area contributed by atoms with Gasteiger partial charge in [-0.3, -0.25) is 9.59 Å². The Morgan fingerprint density at radius 2 is 1.56 bits per heavy atom. The van der Waals surface area contributed by atoms with Crippen molar-refractivity contribution in [1.82, 2.24) is 0 Å². The molecular weight excluding hydrogens is 432 g/mol. The summed E-state index contributed by atoms with van der Waals surface area (Å²) in [6.45, 7) is 4.90. The van der Waals surface area contributed by atoms with Crippen LogP contribution in [0.3, 0.4) is 0 Å². The molecule has 0 unspecified atom stereocenters. The Morgan fingerprint density at radius 3 is 2.22 bits per heavy atom. The minimum absolute atomic E-state index is 0.250. The Labute approximate surface area is 191 Å². The number of carbonyl (C=O) groups is 2. The summed E-state index contributed by atoms with van der Waals surface area (Å²) in [4.78, 5) is 24.9. The lowest BCUT2D eigenvalue weighted by Gasteiger charge is -2.48. The first-order valence-electron chi connectivity index (χ1n) is 10.5. The van der Waals surface area contributed by atoms with E-state index in [0.29, 0.717) is 0 Å². The van der Waals surface area contributed by atoms with Crippen molar-refractivity contribution in [2.75, 3.05) is 6.61 Å². The highest BCUT2D eigenvalue weighted by Gasteiger charge is 2.53. The number of hydrogen-bond acceptors (Lipinski definition) is 8. The normalized spacial score (nSPS) is 29.6. The van der Waals surface area contributed by atoms with Gasteiger partial charge in [0.15, 0.2) is 18.5 Å². The van der Waals surface area contributed by atoms with Gasteiger partial charge < -0.3 is 23.7 Å². The van der Waals surface area contributed by atoms with Crippen molar-refractivity contribution in [2.24, 2.45) is 0 Å². The zero-order valence-corrected chi connectivity index (χ0v) is 18.9. The Kier molecular flexibility index (Phi) is 7.15. The molecule has 32 heavy (non-hydrogen) atoms. The lowest BCUT2D eigenvalue weighted by Crippen LogP contribution is -2.63. The van der Waals surface area contributed by atoms with E-state index in [9.17, 15) is 9.59 Å². The topological polar surface area (TPSA) is 80.3 Å². The molecule has 2 aromatic carbocycles. The number of carbonyl (C=O) groups excluding carboxylic acids is 2. The van der Waals surface area contributed by atoms with E-state index in [1.807, 2.05) is 61.5 Å². The molecule has 2 saturated heterocycles. The first-order chi connectivity index (χ1) is 15.4. The van der Waals surface area contributed by atoms with E-state index in [-0.39, 0.29) is 6.61 Å². The van der Waals surface area contributed by atoms with Gasteiger partial charge in [-0.1, -0.05) is 59.8 Å². The predicted molar refractivity (Wildman–Crippen MR) is 117 cm³/mol. The quantitative estimate of drug-likeness (QED) is 0.626. The molecule has 2 aliphatic heterocycles. The standard InChI is InChI=1S/C24H26O7S/c1-14-9-11-18(12-10-14)32-24-22(29-16(3)26)21(28-15(2)25)20-19(30-24)13-27-23(31-20)17-7-5-4-6-8-17/h4-12,19-24H,13H2,1-3H3/t19-,20-,21+,22-,23+,24+/m1/s1. The minimum Gasteiger partial charge on any atom is -0.456 e. The van der Waals surface area contributed by atoms with Gasteiger partial charge in [0, 0.05) is 24.3 Å². The minimum atomic E-state index is -0.849. The third kappa shape index (κ3) is 5.32. The van der Waals surface area contributed by atoms with Gasteiger partial charge >= 0.3 is 11.9 Å². The zero-order chi connectivity index (χ0) is 22.7. The number of hydrogen-bond donors (Lipinski definition) is 0. The van der Waals surface area contributed by atoms with Gasteiger partial charge in [0.05, 0.1) is 6.61 Å². The highest BCUT2D eigenvalue weighted by atomic mass is 32.2. The van der Waals surface area contributed by atoms with E-state index in [0.717, 1.165) is 16.0 Å². The van der Waals surface area contributed by atoms with Gasteiger partial charge in [-0.15, -0.1) is 0 Å². The molecule has 0 aromatic heterocycles. The van der Waals surface area contributed by atoms with Crippen LogP contribution in [-0.2, 0) is 33.3 Å². The largest absolute Gasteiger partial charge is 0.456 e. The van der Waals surface area contributed by atoms with Crippen LogP contribution in [0.2, 0.25) is 0 Å². The molecule has 170 valence electrons. The molecule has 0 spiro atoms. The third-order valence-electron chi connectivity index (χ3n) is 5.23. The number of esters is 2. The first kappa shape index (κ1) is 22.8. The molecule has 0 aliphatic carbocycles. The van der Waals surface area contributed by atoms with Crippen LogP contribution < -0.4 is 0 Å². The van der Waals surface area contributed by atoms with E-state index in [4.69, 9.17) is 23.7 Å². The molecule has 2 aromatic rings. The SMILES string of the molecule is CC(=O)O[C@@H]1[C@@H](OC(C)=O)[C@H](Sc2ccc(C)cc2)O[C@@H]2CO[C@H](c3ccccc3)O[C@@H]12. The number of fused-ring (bicyclic) bond motifs is 1. The fourth-order valence-electron chi connectivity index (χ4n) is 3.81. The second-order valence-electron chi connectivity index (χ2n) is 7.80. The Balaban J connectivity index is 1.61. The molecule has 0 saturated carbocycles. The summed E-state index contributed by atoms with van der Waals surface area (Å²) in [6.07, 6.45) is -3.48. The average molecular weight is 459 g/mol. The van der Waals surface area contributed by atoms with Gasteiger partial charge in [-0.2, -0.15) is 0 Å². The molecular formula is C24H26O7S. The summed E-state index contributed by atoms with van der Waals surface area (Å²) in [5.41, 5.74) is 1.37. The van der Waals surface area contributed by atoms with Crippen molar-refractivity contribution in [3.63, 3.8) is 0 Å². The van der Waals surface area contributed by atoms with Crippen LogP contribution in [0.5, 0.6) is 0 Å². The van der Waals surface area contributed by atoms with Crippen LogP contribution in [-0.4, -0.2) is 48.4 Å². The average Bonchev–Trinajstić information content (AvgIpc) is 2.77. The smallest absolute Gasteiger partial charge is 0.303 e. The third-order valence-corrected chi connectivity index (χ3v) is 6.39. The number of ether oxygens (including phenoxy) is 5. The molecule has 0 amide bonds. The Hall–Kier alpha value is -2.39. The van der Waals surface area contributed by atoms with Gasteiger partial charge in [-0.05, 0) is 19.1 Å². The predicted octanol–water partition coefficient (Wildman–Crippen LogP) is 3.79. The van der Waals surface area contributed by atoms with E-state index < -0.39 is 48.1 Å². The van der Waals surface area contributed by atoms with E-state index in [1.54, 1.807) is 0 Å².